The molecule has 0 aliphatic carbocycles. The van der Waals surface area contributed by atoms with E-state index < -0.39 is 0 Å². The van der Waals surface area contributed by atoms with E-state index >= 15 is 0 Å². The monoisotopic (exact) mass is 328 g/mol. The van der Waals surface area contributed by atoms with Crippen LogP contribution in [0.15, 0.2) is 42.5 Å². The maximum Gasteiger partial charge on any atom is 0.188 e. The van der Waals surface area contributed by atoms with Gasteiger partial charge in [0.25, 0.3) is 0 Å². The second-order valence-electron chi connectivity index (χ2n) is 5.22. The molecule has 0 amide bonds. The summed E-state index contributed by atoms with van der Waals surface area (Å²) in [5.41, 5.74) is 0. The van der Waals surface area contributed by atoms with Crippen molar-refractivity contribution in [2.45, 2.75) is 0 Å². The smallest absolute Gasteiger partial charge is 0.188 e. The number of ether oxygens (including phenoxy) is 5. The highest BCUT2D eigenvalue weighted by Gasteiger charge is 2.16. The molecule has 0 aliphatic heterocycles. The van der Waals surface area contributed by atoms with Gasteiger partial charge in [0.1, 0.15) is 17.2 Å². The Hall–Kier alpha value is -2.50. The van der Waals surface area contributed by atoms with Gasteiger partial charge < -0.3 is 23.7 Å². The summed E-state index contributed by atoms with van der Waals surface area (Å²) in [6.07, 6.45) is 0. The summed E-state index contributed by atoms with van der Waals surface area (Å²) in [7, 11) is 4.83. The van der Waals surface area contributed by atoms with E-state index in [0.29, 0.717) is 17.2 Å². The van der Waals surface area contributed by atoms with Crippen LogP contribution in [0.3, 0.4) is 0 Å². The van der Waals surface area contributed by atoms with Crippen LogP contribution in [0.4, 0.5) is 0 Å². The lowest BCUT2D eigenvalue weighted by Gasteiger charge is -2.16. The van der Waals surface area contributed by atoms with Crippen molar-refractivity contribution in [3.8, 4) is 17.2 Å². The third-order valence-electron chi connectivity index (χ3n) is 3.75. The van der Waals surface area contributed by atoms with Gasteiger partial charge in [0.2, 0.25) is 0 Å². The molecule has 0 unspecified atom stereocenters. The van der Waals surface area contributed by atoms with Crippen LogP contribution in [0.25, 0.3) is 21.5 Å². The Morgan fingerprint density at radius 2 is 1.21 bits per heavy atom. The molecular weight excluding hydrogens is 308 g/mol. The normalized spacial score (nSPS) is 11.0. The van der Waals surface area contributed by atoms with E-state index in [0.717, 1.165) is 21.5 Å². The molecule has 3 aromatic rings. The Morgan fingerprint density at radius 1 is 0.708 bits per heavy atom. The average molecular weight is 328 g/mol. The van der Waals surface area contributed by atoms with E-state index in [4.69, 9.17) is 23.7 Å². The molecule has 0 N–H and O–H groups in total. The van der Waals surface area contributed by atoms with Gasteiger partial charge in [0.05, 0.1) is 17.9 Å². The molecule has 126 valence electrons. The molecule has 0 saturated carbocycles. The van der Waals surface area contributed by atoms with Crippen LogP contribution < -0.4 is 14.2 Å². The van der Waals surface area contributed by atoms with Gasteiger partial charge in [0.15, 0.2) is 13.6 Å². The SMILES string of the molecule is COCOc1cccc2cc3cccc(OCOC)c3c(OC)c12. The molecule has 0 aliphatic rings. The summed E-state index contributed by atoms with van der Waals surface area (Å²) in [4.78, 5) is 0. The second-order valence-corrected chi connectivity index (χ2v) is 5.22. The molecule has 3 rings (SSSR count). The van der Waals surface area contributed by atoms with Crippen molar-refractivity contribution in [1.82, 2.24) is 0 Å². The molecule has 24 heavy (non-hydrogen) atoms. The van der Waals surface area contributed by atoms with Crippen LogP contribution in [0.1, 0.15) is 0 Å². The highest BCUT2D eigenvalue weighted by molar-refractivity contribution is 6.10. The van der Waals surface area contributed by atoms with Crippen molar-refractivity contribution in [1.29, 1.82) is 0 Å². The first-order valence-electron chi connectivity index (χ1n) is 7.56. The van der Waals surface area contributed by atoms with E-state index in [9.17, 15) is 0 Å². The number of rotatable bonds is 7. The quantitative estimate of drug-likeness (QED) is 0.485. The third kappa shape index (κ3) is 2.96. The van der Waals surface area contributed by atoms with Crippen LogP contribution in [0.5, 0.6) is 17.2 Å². The molecule has 0 heterocycles. The van der Waals surface area contributed by atoms with Gasteiger partial charge >= 0.3 is 0 Å². The van der Waals surface area contributed by atoms with Crippen molar-refractivity contribution < 1.29 is 23.7 Å². The summed E-state index contributed by atoms with van der Waals surface area (Å²) in [6.45, 7) is 0.338. The van der Waals surface area contributed by atoms with E-state index in [1.165, 1.54) is 0 Å². The Labute approximate surface area is 140 Å². The van der Waals surface area contributed by atoms with Crippen molar-refractivity contribution in [2.24, 2.45) is 0 Å². The first kappa shape index (κ1) is 16.4. The summed E-state index contributed by atoms with van der Waals surface area (Å²) in [5.74, 6) is 2.12. The van der Waals surface area contributed by atoms with Crippen LogP contribution in [-0.2, 0) is 9.47 Å². The van der Waals surface area contributed by atoms with E-state index in [-0.39, 0.29) is 13.6 Å². The first-order valence-corrected chi connectivity index (χ1v) is 7.56. The topological polar surface area (TPSA) is 46.2 Å². The van der Waals surface area contributed by atoms with E-state index in [2.05, 4.69) is 6.07 Å². The molecule has 0 aromatic heterocycles. The van der Waals surface area contributed by atoms with Gasteiger partial charge in [-0.1, -0.05) is 24.3 Å². The minimum absolute atomic E-state index is 0.169. The fraction of sp³-hybridized carbons (Fsp3) is 0.263. The summed E-state index contributed by atoms with van der Waals surface area (Å²) < 4.78 is 27.2. The lowest BCUT2D eigenvalue weighted by atomic mass is 10.0. The van der Waals surface area contributed by atoms with Crippen molar-refractivity contribution in [2.75, 3.05) is 34.9 Å². The molecule has 0 bridgehead atoms. The standard InChI is InChI=1S/C19H20O5/c1-20-11-23-15-8-4-6-13-10-14-7-5-9-16(24-12-21-2)18(14)19(22-3)17(13)15/h4-10H,11-12H2,1-3H3. The molecule has 0 fully saturated rings. The largest absolute Gasteiger partial charge is 0.495 e. The molecule has 5 heteroatoms. The number of hydrogen-bond donors (Lipinski definition) is 0. The molecular formula is C19H20O5. The number of benzene rings is 3. The number of fused-ring (bicyclic) bond motifs is 2. The van der Waals surface area contributed by atoms with Gasteiger partial charge in [-0.05, 0) is 29.0 Å². The van der Waals surface area contributed by atoms with Crippen LogP contribution in [-0.4, -0.2) is 34.9 Å². The molecule has 5 nitrogen and oxygen atoms in total. The lowest BCUT2D eigenvalue weighted by Crippen LogP contribution is -2.02. The molecule has 3 aromatic carbocycles. The minimum Gasteiger partial charge on any atom is -0.495 e. The Kier molecular flexibility index (Phi) is 5.03. The molecule has 0 saturated heterocycles. The van der Waals surface area contributed by atoms with Gasteiger partial charge in [-0.15, -0.1) is 0 Å². The van der Waals surface area contributed by atoms with Crippen molar-refractivity contribution >= 4 is 21.5 Å². The first-order chi connectivity index (χ1) is 11.8. The predicted octanol–water partition coefficient (Wildman–Crippen LogP) is 3.97. The summed E-state index contributed by atoms with van der Waals surface area (Å²) >= 11 is 0. The number of methoxy groups -OCH3 is 3. The Morgan fingerprint density at radius 3 is 1.62 bits per heavy atom. The van der Waals surface area contributed by atoms with Crippen molar-refractivity contribution in [3.05, 3.63) is 42.5 Å². The highest BCUT2D eigenvalue weighted by Crippen LogP contribution is 2.43. The van der Waals surface area contributed by atoms with Gasteiger partial charge in [-0.3, -0.25) is 0 Å². The highest BCUT2D eigenvalue weighted by atomic mass is 16.7. The van der Waals surface area contributed by atoms with Gasteiger partial charge in [-0.2, -0.15) is 0 Å². The summed E-state index contributed by atoms with van der Waals surface area (Å²) in [5, 5.41) is 3.82. The molecule has 0 atom stereocenters. The van der Waals surface area contributed by atoms with Crippen molar-refractivity contribution in [3.63, 3.8) is 0 Å². The fourth-order valence-corrected chi connectivity index (χ4v) is 2.80. The second kappa shape index (κ2) is 7.38. The Bertz CT molecular complexity index is 778. The predicted molar refractivity (Wildman–Crippen MR) is 93.0 cm³/mol. The Balaban J connectivity index is 2.30. The lowest BCUT2D eigenvalue weighted by molar-refractivity contribution is 0.0520. The van der Waals surface area contributed by atoms with Gasteiger partial charge in [0, 0.05) is 14.2 Å². The van der Waals surface area contributed by atoms with E-state index in [1.54, 1.807) is 21.3 Å². The van der Waals surface area contributed by atoms with Crippen LogP contribution in [0.2, 0.25) is 0 Å². The summed E-state index contributed by atoms with van der Waals surface area (Å²) in [6, 6.07) is 13.8. The third-order valence-corrected chi connectivity index (χ3v) is 3.75. The minimum atomic E-state index is 0.169. The van der Waals surface area contributed by atoms with E-state index in [1.807, 2.05) is 36.4 Å². The van der Waals surface area contributed by atoms with Crippen LogP contribution >= 0.6 is 0 Å². The zero-order valence-corrected chi connectivity index (χ0v) is 14.0. The van der Waals surface area contributed by atoms with Crippen LogP contribution in [0, 0.1) is 0 Å². The zero-order chi connectivity index (χ0) is 16.9. The van der Waals surface area contributed by atoms with Gasteiger partial charge in [-0.25, -0.2) is 0 Å². The number of hydrogen-bond acceptors (Lipinski definition) is 5. The maximum absolute atomic E-state index is 5.74. The molecule has 0 radical (unpaired) electrons. The zero-order valence-electron chi connectivity index (χ0n) is 14.0. The average Bonchev–Trinajstić information content (AvgIpc) is 2.62. The molecule has 0 spiro atoms. The maximum atomic E-state index is 5.74. The fourth-order valence-electron chi connectivity index (χ4n) is 2.80.